The molecule has 0 rings (SSSR count). The first-order valence-corrected chi connectivity index (χ1v) is 12.7. The van der Waals surface area contributed by atoms with E-state index in [1.165, 1.54) is 17.7 Å². The van der Waals surface area contributed by atoms with Crippen LogP contribution in [0.15, 0.2) is 0 Å². The Hall–Kier alpha value is 0.289. The first-order chi connectivity index (χ1) is 5.24. The number of hydrogen-bond acceptors (Lipinski definition) is 1. The predicted octanol–water partition coefficient (Wildman–Crippen LogP) is 3.41. The van der Waals surface area contributed by atoms with Gasteiger partial charge in [-0.15, -0.1) is 0 Å². The molecule has 0 bridgehead atoms. The van der Waals surface area contributed by atoms with E-state index in [9.17, 15) is 0 Å². The monoisotopic (exact) mass is 261 g/mol. The molecule has 0 spiro atoms. The topological polar surface area (TPSA) is 23.8 Å². The van der Waals surface area contributed by atoms with Gasteiger partial charge in [-0.1, -0.05) is 0 Å². The Morgan fingerprint density at radius 2 is 1.55 bits per heavy atom. The van der Waals surface area contributed by atoms with Crippen molar-refractivity contribution in [3.63, 3.8) is 0 Å². The Bertz CT molecular complexity index is 125. The summed E-state index contributed by atoms with van der Waals surface area (Å²) in [5.74, 6) is 0. The summed E-state index contributed by atoms with van der Waals surface area (Å²) in [6.07, 6.45) is 0.811. The van der Waals surface area contributed by atoms with E-state index in [1.807, 2.05) is 0 Å². The van der Waals surface area contributed by atoms with Gasteiger partial charge in [0.15, 0.2) is 0 Å². The van der Waals surface area contributed by atoms with Gasteiger partial charge in [0.2, 0.25) is 0 Å². The van der Waals surface area contributed by atoms with Crippen LogP contribution < -0.4 is 0 Å². The first kappa shape index (κ1) is 11.3. The molecule has 1 nitrogen and oxygen atoms in total. The summed E-state index contributed by atoms with van der Waals surface area (Å²) < 4.78 is 5.55. The molecule has 0 atom stereocenters. The Balaban J connectivity index is 3.96. The van der Waals surface area contributed by atoms with E-state index in [4.69, 9.17) is 5.26 Å². The second-order valence-corrected chi connectivity index (χ2v) is 19.3. The van der Waals surface area contributed by atoms with Crippen LogP contribution in [0.4, 0.5) is 0 Å². The molecule has 0 saturated heterocycles. The van der Waals surface area contributed by atoms with E-state index >= 15 is 0 Å². The van der Waals surface area contributed by atoms with E-state index < -0.39 is 18.4 Å². The van der Waals surface area contributed by atoms with E-state index in [0.717, 1.165) is 6.42 Å². The zero-order valence-corrected chi connectivity index (χ0v) is 10.8. The fraction of sp³-hybridized carbons (Fsp3) is 0.889. The second-order valence-electron chi connectivity index (χ2n) is 3.22. The molecule has 0 aliphatic rings. The van der Waals surface area contributed by atoms with Crippen LogP contribution in [0.3, 0.4) is 0 Å². The fourth-order valence-corrected chi connectivity index (χ4v) is 10.7. The average molecular weight is 260 g/mol. The van der Waals surface area contributed by atoms with Crippen LogP contribution in [-0.4, -0.2) is 18.4 Å². The number of rotatable bonds is 5. The van der Waals surface area contributed by atoms with Gasteiger partial charge in [-0.2, -0.15) is 0 Å². The van der Waals surface area contributed by atoms with Crippen LogP contribution in [0, 0.1) is 11.3 Å². The molecule has 0 fully saturated rings. The third-order valence-electron chi connectivity index (χ3n) is 3.02. The summed E-state index contributed by atoms with van der Waals surface area (Å²) in [6.45, 7) is 6.96. The molecule has 2 heteroatoms. The molecule has 0 unspecified atom stereocenters. The SMILES string of the molecule is C[CH2][Sn]([CH2]C)([CH2]C)[CH2]CC#N. The number of hydrogen-bond donors (Lipinski definition) is 0. The van der Waals surface area contributed by atoms with Gasteiger partial charge in [0.25, 0.3) is 0 Å². The summed E-state index contributed by atoms with van der Waals surface area (Å²) in [6, 6.07) is 2.28. The molecule has 0 aromatic heterocycles. The molecular formula is C9H19NSn. The third kappa shape index (κ3) is 3.46. The Morgan fingerprint density at radius 3 is 1.82 bits per heavy atom. The van der Waals surface area contributed by atoms with Crippen molar-refractivity contribution in [2.45, 2.75) is 44.9 Å². The van der Waals surface area contributed by atoms with Crippen LogP contribution in [0.2, 0.25) is 17.7 Å². The molecule has 0 aromatic carbocycles. The van der Waals surface area contributed by atoms with Crippen molar-refractivity contribution in [3.05, 3.63) is 0 Å². The van der Waals surface area contributed by atoms with Crippen molar-refractivity contribution in [2.75, 3.05) is 0 Å². The van der Waals surface area contributed by atoms with Gasteiger partial charge < -0.3 is 0 Å². The molecule has 0 aromatic rings. The molecule has 0 radical (unpaired) electrons. The van der Waals surface area contributed by atoms with Gasteiger partial charge in [0, 0.05) is 0 Å². The van der Waals surface area contributed by atoms with Gasteiger partial charge in [0.1, 0.15) is 0 Å². The summed E-state index contributed by atoms with van der Waals surface area (Å²) in [4.78, 5) is 0. The predicted molar refractivity (Wildman–Crippen MR) is 52.2 cm³/mol. The second kappa shape index (κ2) is 5.88. The summed E-state index contributed by atoms with van der Waals surface area (Å²) >= 11 is -1.69. The van der Waals surface area contributed by atoms with Gasteiger partial charge in [-0.3, -0.25) is 0 Å². The minimum absolute atomic E-state index is 0.811. The Labute approximate surface area is 74.7 Å². The molecule has 64 valence electrons. The van der Waals surface area contributed by atoms with Gasteiger partial charge >= 0.3 is 74.6 Å². The molecule has 0 heterocycles. The third-order valence-corrected chi connectivity index (χ3v) is 19.6. The molecule has 0 aliphatic heterocycles. The van der Waals surface area contributed by atoms with Crippen LogP contribution in [0.25, 0.3) is 0 Å². The van der Waals surface area contributed by atoms with Gasteiger partial charge in [0.05, 0.1) is 0 Å². The summed E-state index contributed by atoms with van der Waals surface area (Å²) in [5.41, 5.74) is 0. The van der Waals surface area contributed by atoms with Crippen molar-refractivity contribution >= 4 is 18.4 Å². The number of nitriles is 1. The molecule has 0 aliphatic carbocycles. The molecule has 0 amide bonds. The molecule has 0 N–H and O–H groups in total. The normalized spacial score (nSPS) is 11.1. The van der Waals surface area contributed by atoms with Crippen LogP contribution in [-0.2, 0) is 0 Å². The molecule has 0 saturated carbocycles. The van der Waals surface area contributed by atoms with Crippen LogP contribution in [0.5, 0.6) is 0 Å². The minimum atomic E-state index is -1.69. The quantitative estimate of drug-likeness (QED) is 0.695. The Kier molecular flexibility index (Phi) is 6.03. The van der Waals surface area contributed by atoms with Crippen molar-refractivity contribution in [1.82, 2.24) is 0 Å². The average Bonchev–Trinajstić information content (AvgIpc) is 2.08. The van der Waals surface area contributed by atoms with E-state index in [-0.39, 0.29) is 0 Å². The van der Waals surface area contributed by atoms with Crippen molar-refractivity contribution in [2.24, 2.45) is 0 Å². The van der Waals surface area contributed by atoms with Crippen molar-refractivity contribution in [1.29, 1.82) is 5.26 Å². The molecule has 11 heavy (non-hydrogen) atoms. The zero-order valence-electron chi connectivity index (χ0n) is 7.98. The summed E-state index contributed by atoms with van der Waals surface area (Å²) in [7, 11) is 0. The maximum atomic E-state index is 8.50. The molecular weight excluding hydrogens is 241 g/mol. The standard InChI is InChI=1S/C3H4N.3C2H5.Sn/c1-2-3-4;3*1-2;/h1-2H2;3*1H2,2H3;. The maximum absolute atomic E-state index is 8.50. The van der Waals surface area contributed by atoms with Crippen LogP contribution in [0.1, 0.15) is 27.2 Å². The van der Waals surface area contributed by atoms with Crippen LogP contribution >= 0.6 is 0 Å². The van der Waals surface area contributed by atoms with Crippen molar-refractivity contribution in [3.8, 4) is 6.07 Å². The van der Waals surface area contributed by atoms with Gasteiger partial charge in [-0.25, -0.2) is 0 Å². The fourth-order valence-electron chi connectivity index (χ4n) is 1.60. The Morgan fingerprint density at radius 1 is 1.09 bits per heavy atom. The van der Waals surface area contributed by atoms with Crippen molar-refractivity contribution < 1.29 is 0 Å². The van der Waals surface area contributed by atoms with E-state index in [0.29, 0.717) is 0 Å². The zero-order chi connectivity index (χ0) is 8.74. The number of nitrogens with zero attached hydrogens (tertiary/aromatic N) is 1. The van der Waals surface area contributed by atoms with E-state index in [2.05, 4.69) is 26.8 Å². The van der Waals surface area contributed by atoms with Gasteiger partial charge in [-0.05, 0) is 0 Å². The van der Waals surface area contributed by atoms with E-state index in [1.54, 1.807) is 0 Å². The summed E-state index contributed by atoms with van der Waals surface area (Å²) in [5, 5.41) is 8.50. The first-order valence-electron chi connectivity index (χ1n) is 4.61.